The molecule has 0 amide bonds. The van der Waals surface area contributed by atoms with Crippen molar-refractivity contribution >= 4 is 11.6 Å². The van der Waals surface area contributed by atoms with E-state index in [1.165, 1.54) is 0 Å². The summed E-state index contributed by atoms with van der Waals surface area (Å²) in [5, 5.41) is 19.1. The van der Waals surface area contributed by atoms with Crippen LogP contribution in [-0.2, 0) is 6.61 Å². The Balaban J connectivity index is 3.38. The number of nitrogens with zero attached hydrogens (tertiary/aromatic N) is 2. The summed E-state index contributed by atoms with van der Waals surface area (Å²) in [6, 6.07) is 0.604. The van der Waals surface area contributed by atoms with Crippen LogP contribution in [0, 0.1) is 10.1 Å². The van der Waals surface area contributed by atoms with Crippen LogP contribution in [0.25, 0.3) is 0 Å². The molecule has 1 rings (SSSR count). The van der Waals surface area contributed by atoms with Crippen LogP contribution < -0.4 is 5.73 Å². The molecule has 0 bridgehead atoms. The summed E-state index contributed by atoms with van der Waals surface area (Å²) in [7, 11) is 0. The lowest BCUT2D eigenvalue weighted by atomic mass is 10.1. The molecule has 3 N–H and O–H groups in total. The van der Waals surface area contributed by atoms with E-state index in [9.17, 15) is 18.9 Å². The predicted molar refractivity (Wildman–Crippen MR) is 46.2 cm³/mol. The van der Waals surface area contributed by atoms with Gasteiger partial charge in [0.1, 0.15) is 0 Å². The van der Waals surface area contributed by atoms with Crippen LogP contribution in [0.1, 0.15) is 17.6 Å². The molecule has 1 aromatic heterocycles. The van der Waals surface area contributed by atoms with Gasteiger partial charge in [0.25, 0.3) is 6.43 Å². The number of pyridine rings is 1. The molecule has 0 saturated carbocycles. The molecule has 8 heteroatoms. The molecule has 1 aromatic rings. The summed E-state index contributed by atoms with van der Waals surface area (Å²) < 4.78 is 24.8. The van der Waals surface area contributed by atoms with Crippen molar-refractivity contribution in [1.82, 2.24) is 4.98 Å². The third-order valence-corrected chi connectivity index (χ3v) is 1.76. The van der Waals surface area contributed by atoms with Crippen molar-refractivity contribution in [2.24, 2.45) is 0 Å². The fraction of sp³-hybridized carbons (Fsp3) is 0.286. The van der Waals surface area contributed by atoms with E-state index >= 15 is 0 Å². The third-order valence-electron chi connectivity index (χ3n) is 1.76. The van der Waals surface area contributed by atoms with E-state index in [-0.39, 0.29) is 5.56 Å². The molecular weight excluding hydrogens is 212 g/mol. The summed E-state index contributed by atoms with van der Waals surface area (Å²) in [6.07, 6.45) is -2.95. The lowest BCUT2D eigenvalue weighted by Gasteiger charge is -2.06. The summed E-state index contributed by atoms with van der Waals surface area (Å²) in [6.45, 7) is -0.740. The summed E-state index contributed by atoms with van der Waals surface area (Å²) in [5.41, 5.74) is 4.25. The molecule has 0 fully saturated rings. The minimum absolute atomic E-state index is 0.282. The average Bonchev–Trinajstić information content (AvgIpc) is 2.16. The fourth-order valence-corrected chi connectivity index (χ4v) is 1.06. The summed E-state index contributed by atoms with van der Waals surface area (Å²) >= 11 is 0. The van der Waals surface area contributed by atoms with Crippen LogP contribution in [0.4, 0.5) is 20.4 Å². The van der Waals surface area contributed by atoms with E-state index in [0.29, 0.717) is 6.07 Å². The first kappa shape index (κ1) is 11.2. The summed E-state index contributed by atoms with van der Waals surface area (Å²) in [5.74, 6) is -1.22. The second-order valence-corrected chi connectivity index (χ2v) is 2.65. The molecule has 0 aliphatic heterocycles. The predicted octanol–water partition coefficient (Wildman–Crippen LogP) is 1.00. The molecular formula is C7H7F2N3O3. The second kappa shape index (κ2) is 4.13. The summed E-state index contributed by atoms with van der Waals surface area (Å²) in [4.78, 5) is 12.7. The normalized spacial score (nSPS) is 10.7. The van der Waals surface area contributed by atoms with E-state index in [1.54, 1.807) is 0 Å². The molecule has 0 spiro atoms. The zero-order chi connectivity index (χ0) is 11.6. The maximum atomic E-state index is 12.4. The van der Waals surface area contributed by atoms with Crippen LogP contribution in [0.5, 0.6) is 0 Å². The molecule has 0 saturated heterocycles. The highest BCUT2D eigenvalue weighted by Gasteiger charge is 2.23. The van der Waals surface area contributed by atoms with Gasteiger partial charge in [-0.15, -0.1) is 0 Å². The fourth-order valence-electron chi connectivity index (χ4n) is 1.06. The lowest BCUT2D eigenvalue weighted by Crippen LogP contribution is -2.06. The number of nitrogen functional groups attached to an aromatic ring is 1. The zero-order valence-electron chi connectivity index (χ0n) is 7.35. The van der Waals surface area contributed by atoms with Gasteiger partial charge in [-0.1, -0.05) is 0 Å². The number of nitrogens with two attached hydrogens (primary N) is 1. The van der Waals surface area contributed by atoms with Gasteiger partial charge in [0.15, 0.2) is 0 Å². The van der Waals surface area contributed by atoms with Gasteiger partial charge in [-0.3, -0.25) is 0 Å². The maximum Gasteiger partial charge on any atom is 0.366 e. The van der Waals surface area contributed by atoms with Gasteiger partial charge in [-0.05, 0) is 9.91 Å². The highest BCUT2D eigenvalue weighted by Crippen LogP contribution is 2.29. The quantitative estimate of drug-likeness (QED) is 0.583. The van der Waals surface area contributed by atoms with Crippen molar-refractivity contribution in [2.75, 3.05) is 5.73 Å². The van der Waals surface area contributed by atoms with Crippen molar-refractivity contribution < 1.29 is 18.8 Å². The largest absolute Gasteiger partial charge is 0.391 e. The van der Waals surface area contributed by atoms with Crippen LogP contribution in [0.15, 0.2) is 6.07 Å². The molecule has 0 aliphatic carbocycles. The monoisotopic (exact) mass is 219 g/mol. The third kappa shape index (κ3) is 2.15. The Morgan fingerprint density at radius 3 is 2.67 bits per heavy atom. The van der Waals surface area contributed by atoms with Crippen LogP contribution in [0.2, 0.25) is 0 Å². The number of hydrogen-bond acceptors (Lipinski definition) is 5. The topological polar surface area (TPSA) is 102 Å². The Labute approximate surface area is 82.5 Å². The molecule has 82 valence electrons. The highest BCUT2D eigenvalue weighted by molar-refractivity contribution is 5.49. The number of nitro groups is 1. The molecule has 0 unspecified atom stereocenters. The lowest BCUT2D eigenvalue weighted by molar-refractivity contribution is -0.389. The van der Waals surface area contributed by atoms with Crippen LogP contribution >= 0.6 is 0 Å². The zero-order valence-corrected chi connectivity index (χ0v) is 7.35. The van der Waals surface area contributed by atoms with Crippen LogP contribution in [-0.4, -0.2) is 15.0 Å². The Bertz CT molecular complexity index is 397. The Hall–Kier alpha value is -1.83. The van der Waals surface area contributed by atoms with E-state index in [0.717, 1.165) is 0 Å². The van der Waals surface area contributed by atoms with E-state index in [1.807, 2.05) is 0 Å². The van der Waals surface area contributed by atoms with Crippen molar-refractivity contribution in [2.45, 2.75) is 13.0 Å². The SMILES string of the molecule is Nc1nc([N+](=O)[O-])cc(C(F)F)c1CO. The maximum absolute atomic E-state index is 12.4. The molecule has 0 aromatic carbocycles. The Kier molecular flexibility index (Phi) is 3.10. The first-order valence-corrected chi connectivity index (χ1v) is 3.80. The van der Waals surface area contributed by atoms with Gasteiger partial charge in [-0.25, -0.2) is 8.78 Å². The van der Waals surface area contributed by atoms with Crippen molar-refractivity contribution in [3.8, 4) is 0 Å². The number of aromatic nitrogens is 1. The number of rotatable bonds is 3. The van der Waals surface area contributed by atoms with Gasteiger partial charge in [0.2, 0.25) is 5.82 Å². The molecule has 0 atom stereocenters. The van der Waals surface area contributed by atoms with Crippen molar-refractivity contribution in [3.63, 3.8) is 0 Å². The average molecular weight is 219 g/mol. The van der Waals surface area contributed by atoms with E-state index in [4.69, 9.17) is 10.8 Å². The first-order valence-electron chi connectivity index (χ1n) is 3.80. The second-order valence-electron chi connectivity index (χ2n) is 2.65. The van der Waals surface area contributed by atoms with Gasteiger partial charge in [0, 0.05) is 11.6 Å². The number of halogens is 2. The number of hydrogen-bond donors (Lipinski definition) is 2. The molecule has 6 nitrogen and oxygen atoms in total. The van der Waals surface area contributed by atoms with Gasteiger partial charge in [-0.2, -0.15) is 0 Å². The number of aliphatic hydroxyl groups is 1. The smallest absolute Gasteiger partial charge is 0.366 e. The number of alkyl halides is 2. The van der Waals surface area contributed by atoms with Gasteiger partial charge in [0.05, 0.1) is 12.2 Å². The Morgan fingerprint density at radius 1 is 1.67 bits per heavy atom. The molecule has 0 radical (unpaired) electrons. The molecule has 0 aliphatic rings. The molecule has 15 heavy (non-hydrogen) atoms. The van der Waals surface area contributed by atoms with Crippen LogP contribution in [0.3, 0.4) is 0 Å². The van der Waals surface area contributed by atoms with Crippen molar-refractivity contribution in [3.05, 3.63) is 27.3 Å². The van der Waals surface area contributed by atoms with Crippen molar-refractivity contribution in [1.29, 1.82) is 0 Å². The van der Waals surface area contributed by atoms with E-state index < -0.39 is 35.2 Å². The first-order chi connectivity index (χ1) is 6.97. The minimum Gasteiger partial charge on any atom is -0.391 e. The molecule has 1 heterocycles. The highest BCUT2D eigenvalue weighted by atomic mass is 19.3. The van der Waals surface area contributed by atoms with E-state index in [2.05, 4.69) is 4.98 Å². The Morgan fingerprint density at radius 2 is 2.27 bits per heavy atom. The number of aliphatic hydroxyl groups excluding tert-OH is 1. The standard InChI is InChI=1S/C7H7F2N3O3/c8-6(9)3-1-5(12(14)15)11-7(10)4(3)2-13/h1,6,13H,2H2,(H2,10,11). The minimum atomic E-state index is -2.95. The number of anilines is 1. The van der Waals surface area contributed by atoms with Gasteiger partial charge < -0.3 is 21.0 Å². The van der Waals surface area contributed by atoms with Gasteiger partial charge >= 0.3 is 5.82 Å².